The van der Waals surface area contributed by atoms with Crippen molar-refractivity contribution in [2.24, 2.45) is 0 Å². The summed E-state index contributed by atoms with van der Waals surface area (Å²) in [7, 11) is 0. The minimum absolute atomic E-state index is 0.115. The Hall–Kier alpha value is -2.02. The molecule has 1 aliphatic rings. The molecule has 2 atom stereocenters. The maximum absolute atomic E-state index is 11.5. The molecule has 0 aromatic heterocycles. The van der Waals surface area contributed by atoms with Crippen LogP contribution in [-0.4, -0.2) is 41.6 Å². The van der Waals surface area contributed by atoms with Gasteiger partial charge in [-0.05, 0) is 52.0 Å². The quantitative estimate of drug-likeness (QED) is 0.333. The van der Waals surface area contributed by atoms with Gasteiger partial charge in [-0.1, -0.05) is 0 Å². The molecule has 1 saturated heterocycles. The van der Waals surface area contributed by atoms with E-state index in [0.29, 0.717) is 0 Å². The summed E-state index contributed by atoms with van der Waals surface area (Å²) in [5.74, 6) is -1.58. The number of esters is 2. The summed E-state index contributed by atoms with van der Waals surface area (Å²) in [6.07, 6.45) is 5.56. The van der Waals surface area contributed by atoms with Gasteiger partial charge < -0.3 is 24.6 Å². The smallest absolute Gasteiger partial charge is 0.373 e. The van der Waals surface area contributed by atoms with Gasteiger partial charge in [0.2, 0.25) is 5.76 Å². The molecule has 23 heavy (non-hydrogen) atoms. The molecule has 0 aliphatic carbocycles. The summed E-state index contributed by atoms with van der Waals surface area (Å²) in [5, 5.41) is 12.6. The molecule has 7 heteroatoms. The molecule has 130 valence electrons. The number of hydrogen-bond donors (Lipinski definition) is 2. The molecule has 1 rings (SSSR count). The topological polar surface area (TPSA) is 94.1 Å². The summed E-state index contributed by atoms with van der Waals surface area (Å²) in [6, 6.07) is 0. The molecule has 7 nitrogen and oxygen atoms in total. The summed E-state index contributed by atoms with van der Waals surface area (Å²) in [5.41, 5.74) is -0.657. The standard InChI is InChI=1S/C16H25NO6/c1-11(18)21-10-12-7-8-14(22-12)17-9-5-6-13(19)15(20)23-16(2,3)4/h5-6,9,12,14,17,19H,7-8,10H2,1-4H3/b9-5-,13-6-/t12?,14-/m1/s1. The molecule has 1 aliphatic heterocycles. The van der Waals surface area contributed by atoms with Crippen LogP contribution >= 0.6 is 0 Å². The van der Waals surface area contributed by atoms with E-state index in [1.54, 1.807) is 27.0 Å². The van der Waals surface area contributed by atoms with Gasteiger partial charge in [0.15, 0.2) is 0 Å². The fourth-order valence-electron chi connectivity index (χ4n) is 1.86. The van der Waals surface area contributed by atoms with Gasteiger partial charge in [0.25, 0.3) is 0 Å². The van der Waals surface area contributed by atoms with Crippen molar-refractivity contribution < 1.29 is 28.9 Å². The van der Waals surface area contributed by atoms with Gasteiger partial charge in [-0.25, -0.2) is 4.79 Å². The molecule has 0 aromatic rings. The molecule has 2 N–H and O–H groups in total. The predicted molar refractivity (Wildman–Crippen MR) is 83.4 cm³/mol. The number of aliphatic hydroxyl groups is 1. The van der Waals surface area contributed by atoms with E-state index in [1.165, 1.54) is 19.1 Å². The number of allylic oxidation sites excluding steroid dienone is 2. The van der Waals surface area contributed by atoms with Crippen molar-refractivity contribution in [3.63, 3.8) is 0 Å². The SMILES string of the molecule is CC(=O)OCC1CC[C@H](N/C=C\C=C(/O)C(=O)OC(C)(C)C)O1. The lowest BCUT2D eigenvalue weighted by Gasteiger charge is -2.18. The second-order valence-corrected chi connectivity index (χ2v) is 6.21. The molecule has 1 heterocycles. The number of ether oxygens (including phenoxy) is 3. The molecular weight excluding hydrogens is 302 g/mol. The predicted octanol–water partition coefficient (Wildman–Crippen LogP) is 1.94. The van der Waals surface area contributed by atoms with Gasteiger partial charge >= 0.3 is 11.9 Å². The molecule has 1 unspecified atom stereocenters. The van der Waals surface area contributed by atoms with Gasteiger partial charge in [-0.15, -0.1) is 0 Å². The first-order valence-electron chi connectivity index (χ1n) is 7.51. The van der Waals surface area contributed by atoms with Gasteiger partial charge in [-0.3, -0.25) is 4.79 Å². The van der Waals surface area contributed by atoms with Crippen LogP contribution in [0.1, 0.15) is 40.5 Å². The fourth-order valence-corrected chi connectivity index (χ4v) is 1.86. The van der Waals surface area contributed by atoms with Crippen LogP contribution in [0.2, 0.25) is 0 Å². The zero-order chi connectivity index (χ0) is 17.5. The Morgan fingerprint density at radius 2 is 2.04 bits per heavy atom. The van der Waals surface area contributed by atoms with Crippen molar-refractivity contribution in [2.45, 2.75) is 58.5 Å². The van der Waals surface area contributed by atoms with E-state index in [4.69, 9.17) is 14.2 Å². The number of hydrogen-bond acceptors (Lipinski definition) is 7. The third kappa shape index (κ3) is 8.25. The van der Waals surface area contributed by atoms with Crippen LogP contribution < -0.4 is 5.32 Å². The van der Waals surface area contributed by atoms with Crippen LogP contribution in [0.4, 0.5) is 0 Å². The van der Waals surface area contributed by atoms with Gasteiger partial charge in [0.05, 0.1) is 6.10 Å². The van der Waals surface area contributed by atoms with Crippen LogP contribution in [0, 0.1) is 0 Å². The van der Waals surface area contributed by atoms with E-state index in [-0.39, 0.29) is 24.9 Å². The lowest BCUT2D eigenvalue weighted by molar-refractivity contribution is -0.153. The number of carbonyl (C=O) groups excluding carboxylic acids is 2. The molecule has 0 spiro atoms. The Kier molecular flexibility index (Phi) is 7.09. The third-order valence-corrected chi connectivity index (χ3v) is 2.82. The van der Waals surface area contributed by atoms with Crippen LogP contribution in [0.15, 0.2) is 24.1 Å². The number of aliphatic hydroxyl groups excluding tert-OH is 1. The van der Waals surface area contributed by atoms with E-state index in [1.807, 2.05) is 0 Å². The highest BCUT2D eigenvalue weighted by molar-refractivity contribution is 5.86. The second kappa shape index (κ2) is 8.57. The van der Waals surface area contributed by atoms with E-state index >= 15 is 0 Å². The van der Waals surface area contributed by atoms with E-state index in [0.717, 1.165) is 12.8 Å². The maximum Gasteiger partial charge on any atom is 0.373 e. The first-order chi connectivity index (χ1) is 10.7. The first-order valence-corrected chi connectivity index (χ1v) is 7.51. The van der Waals surface area contributed by atoms with Crippen molar-refractivity contribution in [1.29, 1.82) is 0 Å². The molecule has 0 radical (unpaired) electrons. The highest BCUT2D eigenvalue weighted by Gasteiger charge is 2.25. The minimum atomic E-state index is -0.777. The summed E-state index contributed by atoms with van der Waals surface area (Å²) in [6.45, 7) is 6.77. The largest absolute Gasteiger partial charge is 0.502 e. The van der Waals surface area contributed by atoms with E-state index in [2.05, 4.69) is 5.32 Å². The Morgan fingerprint density at radius 1 is 1.35 bits per heavy atom. The monoisotopic (exact) mass is 327 g/mol. The number of rotatable bonds is 6. The van der Waals surface area contributed by atoms with E-state index < -0.39 is 17.3 Å². The van der Waals surface area contributed by atoms with Crippen molar-refractivity contribution in [1.82, 2.24) is 5.32 Å². The zero-order valence-electron chi connectivity index (χ0n) is 14.0. The fraction of sp³-hybridized carbons (Fsp3) is 0.625. The van der Waals surface area contributed by atoms with Crippen molar-refractivity contribution in [2.75, 3.05) is 6.61 Å². The minimum Gasteiger partial charge on any atom is -0.502 e. The highest BCUT2D eigenvalue weighted by atomic mass is 16.6. The van der Waals surface area contributed by atoms with Gasteiger partial charge in [0.1, 0.15) is 18.4 Å². The number of nitrogens with one attached hydrogen (secondary N) is 1. The summed E-state index contributed by atoms with van der Waals surface area (Å²) < 4.78 is 15.5. The molecular formula is C16H25NO6. The lowest BCUT2D eigenvalue weighted by atomic mass is 10.2. The van der Waals surface area contributed by atoms with Crippen molar-refractivity contribution >= 4 is 11.9 Å². The zero-order valence-corrected chi connectivity index (χ0v) is 14.0. The first kappa shape index (κ1) is 19.0. The van der Waals surface area contributed by atoms with Crippen molar-refractivity contribution in [3.8, 4) is 0 Å². The lowest BCUT2D eigenvalue weighted by Crippen LogP contribution is -2.26. The molecule has 0 amide bonds. The Morgan fingerprint density at radius 3 is 2.65 bits per heavy atom. The second-order valence-electron chi connectivity index (χ2n) is 6.21. The average molecular weight is 327 g/mol. The van der Waals surface area contributed by atoms with Gasteiger partial charge in [-0.2, -0.15) is 0 Å². The average Bonchev–Trinajstić information content (AvgIpc) is 2.87. The molecule has 1 fully saturated rings. The summed E-state index contributed by atoms with van der Waals surface area (Å²) in [4.78, 5) is 22.2. The maximum atomic E-state index is 11.5. The van der Waals surface area contributed by atoms with Gasteiger partial charge in [0, 0.05) is 6.92 Å². The highest BCUT2D eigenvalue weighted by Crippen LogP contribution is 2.18. The summed E-state index contributed by atoms with van der Waals surface area (Å²) >= 11 is 0. The van der Waals surface area contributed by atoms with Crippen LogP contribution in [-0.2, 0) is 23.8 Å². The van der Waals surface area contributed by atoms with Crippen LogP contribution in [0.5, 0.6) is 0 Å². The molecule has 0 bridgehead atoms. The molecule has 0 saturated carbocycles. The van der Waals surface area contributed by atoms with E-state index in [9.17, 15) is 14.7 Å². The third-order valence-electron chi connectivity index (χ3n) is 2.82. The normalized spacial score (nSPS) is 22.2. The molecule has 0 aromatic carbocycles. The van der Waals surface area contributed by atoms with Crippen LogP contribution in [0.3, 0.4) is 0 Å². The Labute approximate surface area is 136 Å². The Balaban J connectivity index is 2.32. The number of carbonyl (C=O) groups is 2. The van der Waals surface area contributed by atoms with Crippen LogP contribution in [0.25, 0.3) is 0 Å². The van der Waals surface area contributed by atoms with Crippen molar-refractivity contribution in [3.05, 3.63) is 24.1 Å². The Bertz CT molecular complexity index is 477.